The van der Waals surface area contributed by atoms with Crippen LogP contribution >= 0.6 is 23.5 Å². The molecule has 0 aromatic rings. The normalized spacial score (nSPS) is 31.1. The van der Waals surface area contributed by atoms with Crippen molar-refractivity contribution in [1.29, 1.82) is 0 Å². The third-order valence-electron chi connectivity index (χ3n) is 3.32. The Balaban J connectivity index is 2.80. The van der Waals surface area contributed by atoms with Crippen molar-refractivity contribution < 1.29 is 42.4 Å². The van der Waals surface area contributed by atoms with Crippen molar-refractivity contribution in [2.24, 2.45) is 5.16 Å². The van der Waals surface area contributed by atoms with Crippen LogP contribution < -0.4 is 0 Å². The molecule has 5 atom stereocenters. The molecule has 148 valence electrons. The topological polar surface area (TPSA) is 169 Å². The Morgan fingerprint density at radius 3 is 2.48 bits per heavy atom. The molecule has 25 heavy (non-hydrogen) atoms. The predicted octanol–water partition coefficient (Wildman–Crippen LogP) is -1.16. The number of thioether (sulfide) groups is 2. The van der Waals surface area contributed by atoms with Crippen LogP contribution in [0.25, 0.3) is 0 Å². The Morgan fingerprint density at radius 1 is 1.24 bits per heavy atom. The Morgan fingerprint density at radius 2 is 1.92 bits per heavy atom. The second-order valence-corrected chi connectivity index (χ2v) is 8.36. The van der Waals surface area contributed by atoms with E-state index in [1.54, 1.807) is 11.8 Å². The maximum Gasteiger partial charge on any atom is 0.284 e. The van der Waals surface area contributed by atoms with Crippen molar-refractivity contribution in [3.05, 3.63) is 0 Å². The van der Waals surface area contributed by atoms with Gasteiger partial charge < -0.3 is 29.7 Å². The molecule has 0 aliphatic carbocycles. The summed E-state index contributed by atoms with van der Waals surface area (Å²) in [7, 11) is -5.03. The average molecular weight is 421 g/mol. The molecule has 0 bridgehead atoms. The van der Waals surface area contributed by atoms with Crippen molar-refractivity contribution in [3.8, 4) is 0 Å². The van der Waals surface area contributed by atoms with Crippen molar-refractivity contribution in [2.75, 3.05) is 18.6 Å². The van der Waals surface area contributed by atoms with E-state index in [2.05, 4.69) is 9.44 Å². The van der Waals surface area contributed by atoms with Crippen molar-refractivity contribution in [3.63, 3.8) is 0 Å². The van der Waals surface area contributed by atoms with E-state index in [1.807, 2.05) is 6.26 Å². The summed E-state index contributed by atoms with van der Waals surface area (Å²) in [6.45, 7) is -0.590. The SMILES string of the molecule is CSCCCC/C(=N/OS(=O)(=O)[O-])SC1OC(CO)C(O)C(O)C1O. The second kappa shape index (κ2) is 10.9. The van der Waals surface area contributed by atoms with Gasteiger partial charge in [0.25, 0.3) is 10.4 Å². The molecule has 1 saturated heterocycles. The van der Waals surface area contributed by atoms with Gasteiger partial charge in [-0.25, -0.2) is 0 Å². The molecule has 0 spiro atoms. The third kappa shape index (κ3) is 7.97. The van der Waals surface area contributed by atoms with Crippen molar-refractivity contribution in [1.82, 2.24) is 0 Å². The third-order valence-corrected chi connectivity index (χ3v) is 5.45. The molecule has 1 aliphatic rings. The fraction of sp³-hybridized carbons (Fsp3) is 0.917. The maximum absolute atomic E-state index is 10.6. The summed E-state index contributed by atoms with van der Waals surface area (Å²) >= 11 is 2.39. The minimum atomic E-state index is -5.03. The number of oxime groups is 1. The minimum Gasteiger partial charge on any atom is -0.714 e. The maximum atomic E-state index is 10.6. The molecule has 0 aromatic heterocycles. The number of unbranched alkanes of at least 4 members (excludes halogenated alkanes) is 1. The van der Waals surface area contributed by atoms with E-state index in [-0.39, 0.29) is 11.5 Å². The van der Waals surface area contributed by atoms with Crippen molar-refractivity contribution >= 4 is 39.0 Å². The molecule has 5 unspecified atom stereocenters. The molecule has 1 heterocycles. The highest BCUT2D eigenvalue weighted by Crippen LogP contribution is 2.30. The van der Waals surface area contributed by atoms with Gasteiger partial charge in [0.05, 0.1) is 6.61 Å². The smallest absolute Gasteiger partial charge is 0.284 e. The zero-order valence-electron chi connectivity index (χ0n) is 13.4. The number of aliphatic hydroxyl groups is 4. The molecule has 0 radical (unpaired) electrons. The van der Waals surface area contributed by atoms with Gasteiger partial charge in [0.15, 0.2) is 0 Å². The van der Waals surface area contributed by atoms with Crippen LogP contribution in [0.4, 0.5) is 0 Å². The monoisotopic (exact) mass is 420 g/mol. The van der Waals surface area contributed by atoms with E-state index < -0.39 is 46.9 Å². The highest BCUT2D eigenvalue weighted by Gasteiger charge is 2.44. The first-order valence-electron chi connectivity index (χ1n) is 7.37. The number of aliphatic hydroxyl groups excluding tert-OH is 4. The minimum absolute atomic E-state index is 0.0739. The van der Waals surface area contributed by atoms with Gasteiger partial charge in [0.2, 0.25) is 0 Å². The molecular weight excluding hydrogens is 398 g/mol. The van der Waals surface area contributed by atoms with E-state index in [9.17, 15) is 28.3 Å². The van der Waals surface area contributed by atoms with E-state index in [1.165, 1.54) is 0 Å². The Labute approximate surface area is 154 Å². The van der Waals surface area contributed by atoms with E-state index in [0.717, 1.165) is 23.9 Å². The van der Waals surface area contributed by atoms with Crippen LogP contribution in [0.1, 0.15) is 19.3 Å². The molecular formula is C12H22NO9S3-. The summed E-state index contributed by atoms with van der Waals surface area (Å²) in [4.78, 5) is 0. The van der Waals surface area contributed by atoms with Crippen LogP contribution in [-0.2, 0) is 19.4 Å². The summed E-state index contributed by atoms with van der Waals surface area (Å²) in [5, 5.41) is 42.0. The fourth-order valence-corrected chi connectivity index (χ4v) is 3.87. The molecule has 1 aliphatic heterocycles. The predicted molar refractivity (Wildman–Crippen MR) is 91.8 cm³/mol. The van der Waals surface area contributed by atoms with Gasteiger partial charge in [-0.05, 0) is 31.3 Å². The lowest BCUT2D eigenvalue weighted by Crippen LogP contribution is -2.57. The highest BCUT2D eigenvalue weighted by atomic mass is 32.3. The summed E-state index contributed by atoms with van der Waals surface area (Å²) in [6.07, 6.45) is -2.06. The molecule has 13 heteroatoms. The van der Waals surface area contributed by atoms with Gasteiger partial charge >= 0.3 is 0 Å². The standard InChI is InChI=1S/C12H23NO9S3/c1-23-5-3-2-4-8(13-22-25(18,19)20)24-12-11(17)10(16)9(15)7(6-14)21-12/h7,9-12,14-17H,2-6H2,1H3,(H,18,19,20)/p-1/b13-8-. The van der Waals surface area contributed by atoms with Crippen LogP contribution in [0.3, 0.4) is 0 Å². The summed E-state index contributed by atoms with van der Waals surface area (Å²) in [6, 6.07) is 0. The molecule has 0 aromatic carbocycles. The number of hydrogen-bond acceptors (Lipinski definition) is 12. The lowest BCUT2D eigenvalue weighted by Gasteiger charge is -2.39. The summed E-state index contributed by atoms with van der Waals surface area (Å²) in [5.41, 5.74) is -1.13. The quantitative estimate of drug-likeness (QED) is 0.0886. The first-order chi connectivity index (χ1) is 11.7. The molecule has 0 saturated carbocycles. The van der Waals surface area contributed by atoms with Gasteiger partial charge in [0, 0.05) is 0 Å². The van der Waals surface area contributed by atoms with Gasteiger partial charge in [0.1, 0.15) is 34.9 Å². The fourth-order valence-electron chi connectivity index (χ4n) is 2.03. The Bertz CT molecular complexity index is 528. The molecule has 1 fully saturated rings. The van der Waals surface area contributed by atoms with Gasteiger partial charge in [-0.15, -0.1) is 0 Å². The highest BCUT2D eigenvalue weighted by molar-refractivity contribution is 8.14. The molecule has 1 rings (SSSR count). The first-order valence-corrected chi connectivity index (χ1v) is 11.0. The van der Waals surface area contributed by atoms with Crippen LogP contribution in [-0.4, -0.2) is 86.9 Å². The molecule has 10 nitrogen and oxygen atoms in total. The van der Waals surface area contributed by atoms with Crippen LogP contribution in [0.2, 0.25) is 0 Å². The van der Waals surface area contributed by atoms with Crippen molar-refractivity contribution in [2.45, 2.75) is 49.1 Å². The van der Waals surface area contributed by atoms with E-state index >= 15 is 0 Å². The largest absolute Gasteiger partial charge is 0.714 e. The lowest BCUT2D eigenvalue weighted by atomic mass is 10.0. The van der Waals surface area contributed by atoms with E-state index in [0.29, 0.717) is 6.42 Å². The van der Waals surface area contributed by atoms with Crippen LogP contribution in [0.15, 0.2) is 5.16 Å². The average Bonchev–Trinajstić information content (AvgIpc) is 2.55. The zero-order valence-corrected chi connectivity index (χ0v) is 15.9. The van der Waals surface area contributed by atoms with Crippen LogP contribution in [0.5, 0.6) is 0 Å². The summed E-state index contributed by atoms with van der Waals surface area (Å²) in [5.74, 6) is 0.874. The number of hydrogen-bond donors (Lipinski definition) is 4. The van der Waals surface area contributed by atoms with Gasteiger partial charge in [-0.1, -0.05) is 16.9 Å². The summed E-state index contributed by atoms with van der Waals surface area (Å²) < 4.78 is 40.9. The number of rotatable bonds is 9. The van der Waals surface area contributed by atoms with Crippen LogP contribution in [0, 0.1) is 0 Å². The van der Waals surface area contributed by atoms with Gasteiger partial charge in [-0.2, -0.15) is 20.2 Å². The van der Waals surface area contributed by atoms with E-state index in [4.69, 9.17) is 9.84 Å². The lowest BCUT2D eigenvalue weighted by molar-refractivity contribution is -0.205. The Kier molecular flexibility index (Phi) is 9.98. The zero-order chi connectivity index (χ0) is 19.0. The van der Waals surface area contributed by atoms with Gasteiger partial charge in [-0.3, -0.25) is 4.28 Å². The second-order valence-electron chi connectivity index (χ2n) is 5.23. The number of nitrogens with zero attached hydrogens (tertiary/aromatic N) is 1. The number of ether oxygens (including phenoxy) is 1. The molecule has 0 amide bonds. The first kappa shape index (κ1) is 22.9. The Hall–Kier alpha value is -0.120. The molecule has 4 N–H and O–H groups in total.